The van der Waals surface area contributed by atoms with Crippen LogP contribution in [0.1, 0.15) is 0 Å². The molecule has 0 amide bonds. The second kappa shape index (κ2) is 4.16. The number of nitrogens with zero attached hydrogens (tertiary/aromatic N) is 2. The monoisotopic (exact) mass is 237 g/mol. The molecule has 17 heavy (non-hydrogen) atoms. The summed E-state index contributed by atoms with van der Waals surface area (Å²) in [5, 5.41) is 3.69. The first-order valence-electron chi connectivity index (χ1n) is 5.17. The molecule has 5 heteroatoms. The third-order valence-electron chi connectivity index (χ3n) is 2.58. The summed E-state index contributed by atoms with van der Waals surface area (Å²) < 4.78 is 27.1. The lowest BCUT2D eigenvalue weighted by molar-refractivity contribution is 0.592. The lowest BCUT2D eigenvalue weighted by Crippen LogP contribution is -2.12. The molecule has 0 radical (unpaired) electrons. The van der Waals surface area contributed by atoms with Gasteiger partial charge in [-0.05, 0) is 6.07 Å². The summed E-state index contributed by atoms with van der Waals surface area (Å²) in [6.45, 7) is 0. The molecule has 0 aliphatic carbocycles. The van der Waals surface area contributed by atoms with Gasteiger partial charge in [0, 0.05) is 32.6 Å². The fourth-order valence-electron chi connectivity index (χ4n) is 1.81. The van der Waals surface area contributed by atoms with Crippen molar-refractivity contribution in [3.05, 3.63) is 30.0 Å². The molecule has 0 unspecified atom stereocenters. The number of halogens is 2. The summed E-state index contributed by atoms with van der Waals surface area (Å²) in [6, 6.07) is 2.18. The van der Waals surface area contributed by atoms with E-state index in [0.717, 1.165) is 6.07 Å². The van der Waals surface area contributed by atoms with E-state index in [9.17, 15) is 8.78 Å². The molecule has 2 aromatic rings. The van der Waals surface area contributed by atoms with E-state index >= 15 is 0 Å². The number of fused-ring (bicyclic) bond motifs is 1. The van der Waals surface area contributed by atoms with Crippen molar-refractivity contribution in [2.75, 3.05) is 31.4 Å². The van der Waals surface area contributed by atoms with E-state index in [2.05, 4.69) is 10.3 Å². The van der Waals surface area contributed by atoms with Crippen LogP contribution in [0.25, 0.3) is 10.8 Å². The molecule has 2 rings (SSSR count). The van der Waals surface area contributed by atoms with Crippen molar-refractivity contribution in [2.45, 2.75) is 0 Å². The van der Waals surface area contributed by atoms with Crippen molar-refractivity contribution in [3.8, 4) is 0 Å². The standard InChI is InChI=1S/C12H13F2N3/c1-15-10-6-16-12(17(2)3)11-8(10)4-7(13)5-9(11)14/h4-6,15H,1-3H3. The van der Waals surface area contributed by atoms with E-state index in [4.69, 9.17) is 0 Å². The molecule has 0 spiro atoms. The number of aromatic nitrogens is 1. The second-order valence-electron chi connectivity index (χ2n) is 3.95. The minimum absolute atomic E-state index is 0.322. The third-order valence-corrected chi connectivity index (χ3v) is 2.58. The fraction of sp³-hybridized carbons (Fsp3) is 0.250. The number of anilines is 2. The van der Waals surface area contributed by atoms with Gasteiger partial charge in [-0.2, -0.15) is 0 Å². The van der Waals surface area contributed by atoms with Crippen molar-refractivity contribution >= 4 is 22.3 Å². The van der Waals surface area contributed by atoms with Crippen LogP contribution in [0.15, 0.2) is 18.3 Å². The first-order valence-corrected chi connectivity index (χ1v) is 5.17. The van der Waals surface area contributed by atoms with E-state index in [1.165, 1.54) is 6.07 Å². The van der Waals surface area contributed by atoms with Gasteiger partial charge >= 0.3 is 0 Å². The van der Waals surface area contributed by atoms with Crippen LogP contribution in [0.2, 0.25) is 0 Å². The Morgan fingerprint density at radius 2 is 1.94 bits per heavy atom. The lowest BCUT2D eigenvalue weighted by atomic mass is 10.1. The smallest absolute Gasteiger partial charge is 0.139 e. The van der Waals surface area contributed by atoms with Crippen LogP contribution < -0.4 is 10.2 Å². The van der Waals surface area contributed by atoms with Gasteiger partial charge in [0.05, 0.1) is 17.3 Å². The molecular formula is C12H13F2N3. The Morgan fingerprint density at radius 1 is 1.24 bits per heavy atom. The molecule has 0 saturated heterocycles. The first kappa shape index (κ1) is 11.6. The molecule has 0 fully saturated rings. The first-order chi connectivity index (χ1) is 8.04. The van der Waals surface area contributed by atoms with Crippen LogP contribution >= 0.6 is 0 Å². The Labute approximate surface area is 98.1 Å². The van der Waals surface area contributed by atoms with Gasteiger partial charge in [0.25, 0.3) is 0 Å². The van der Waals surface area contributed by atoms with Gasteiger partial charge < -0.3 is 10.2 Å². The van der Waals surface area contributed by atoms with Crippen LogP contribution in [-0.2, 0) is 0 Å². The minimum Gasteiger partial charge on any atom is -0.386 e. The lowest BCUT2D eigenvalue weighted by Gasteiger charge is -2.16. The maximum absolute atomic E-state index is 13.8. The van der Waals surface area contributed by atoms with Gasteiger partial charge in [0.2, 0.25) is 0 Å². The zero-order chi connectivity index (χ0) is 12.6. The van der Waals surface area contributed by atoms with Crippen LogP contribution in [0.5, 0.6) is 0 Å². The molecular weight excluding hydrogens is 224 g/mol. The molecule has 0 saturated carbocycles. The van der Waals surface area contributed by atoms with Crippen molar-refractivity contribution in [1.82, 2.24) is 4.98 Å². The number of nitrogens with one attached hydrogen (secondary N) is 1. The van der Waals surface area contributed by atoms with Crippen LogP contribution in [0.3, 0.4) is 0 Å². The Balaban J connectivity index is 2.90. The molecule has 0 atom stereocenters. The second-order valence-corrected chi connectivity index (χ2v) is 3.95. The maximum Gasteiger partial charge on any atom is 0.139 e. The zero-order valence-corrected chi connectivity index (χ0v) is 9.88. The summed E-state index contributed by atoms with van der Waals surface area (Å²) >= 11 is 0. The highest BCUT2D eigenvalue weighted by molar-refractivity contribution is 6.00. The fourth-order valence-corrected chi connectivity index (χ4v) is 1.81. The van der Waals surface area contributed by atoms with Gasteiger partial charge in [-0.1, -0.05) is 0 Å². The van der Waals surface area contributed by atoms with Crippen LogP contribution in [0.4, 0.5) is 20.3 Å². The predicted molar refractivity (Wildman–Crippen MR) is 65.5 cm³/mol. The zero-order valence-electron chi connectivity index (χ0n) is 9.88. The van der Waals surface area contributed by atoms with E-state index in [-0.39, 0.29) is 0 Å². The summed E-state index contributed by atoms with van der Waals surface area (Å²) in [7, 11) is 5.22. The van der Waals surface area contributed by atoms with Gasteiger partial charge in [-0.15, -0.1) is 0 Å². The largest absolute Gasteiger partial charge is 0.386 e. The normalized spacial score (nSPS) is 10.6. The SMILES string of the molecule is CNc1cnc(N(C)C)c2c(F)cc(F)cc12. The summed E-state index contributed by atoms with van der Waals surface area (Å²) in [5.74, 6) is -0.716. The number of rotatable bonds is 2. The number of benzene rings is 1. The highest BCUT2D eigenvalue weighted by Crippen LogP contribution is 2.31. The number of pyridine rings is 1. The Kier molecular flexibility index (Phi) is 2.83. The molecule has 1 aromatic carbocycles. The Morgan fingerprint density at radius 3 is 2.53 bits per heavy atom. The summed E-state index contributed by atoms with van der Waals surface area (Å²) in [6.07, 6.45) is 1.57. The molecule has 1 aromatic heterocycles. The topological polar surface area (TPSA) is 28.2 Å². The van der Waals surface area contributed by atoms with Crippen molar-refractivity contribution in [2.24, 2.45) is 0 Å². The molecule has 1 heterocycles. The van der Waals surface area contributed by atoms with Crippen molar-refractivity contribution < 1.29 is 8.78 Å². The van der Waals surface area contributed by atoms with E-state index in [0.29, 0.717) is 22.3 Å². The summed E-state index contributed by atoms with van der Waals surface area (Å²) in [5.41, 5.74) is 0.601. The quantitative estimate of drug-likeness (QED) is 0.870. The average Bonchev–Trinajstić information content (AvgIpc) is 2.27. The molecule has 90 valence electrons. The minimum atomic E-state index is -0.603. The highest BCUT2D eigenvalue weighted by atomic mass is 19.1. The highest BCUT2D eigenvalue weighted by Gasteiger charge is 2.14. The summed E-state index contributed by atoms with van der Waals surface area (Å²) in [4.78, 5) is 5.87. The average molecular weight is 237 g/mol. The molecule has 3 nitrogen and oxygen atoms in total. The van der Waals surface area contributed by atoms with Crippen molar-refractivity contribution in [3.63, 3.8) is 0 Å². The van der Waals surface area contributed by atoms with Crippen LogP contribution in [-0.4, -0.2) is 26.1 Å². The van der Waals surface area contributed by atoms with E-state index < -0.39 is 11.6 Å². The Hall–Kier alpha value is -1.91. The number of hydrogen-bond donors (Lipinski definition) is 1. The van der Waals surface area contributed by atoms with Gasteiger partial charge in [-0.3, -0.25) is 0 Å². The van der Waals surface area contributed by atoms with Gasteiger partial charge in [0.1, 0.15) is 17.5 Å². The molecule has 1 N–H and O–H groups in total. The van der Waals surface area contributed by atoms with Crippen LogP contribution in [0, 0.1) is 11.6 Å². The maximum atomic E-state index is 13.8. The van der Waals surface area contributed by atoms with E-state index in [1.54, 1.807) is 32.2 Å². The third kappa shape index (κ3) is 1.88. The number of hydrogen-bond acceptors (Lipinski definition) is 3. The van der Waals surface area contributed by atoms with Crippen molar-refractivity contribution in [1.29, 1.82) is 0 Å². The molecule has 0 aliphatic rings. The van der Waals surface area contributed by atoms with E-state index in [1.807, 2.05) is 0 Å². The predicted octanol–water partition coefficient (Wildman–Crippen LogP) is 2.62. The molecule has 0 bridgehead atoms. The molecule has 0 aliphatic heterocycles. The Bertz CT molecular complexity index is 567. The van der Waals surface area contributed by atoms with Gasteiger partial charge in [0.15, 0.2) is 0 Å². The van der Waals surface area contributed by atoms with Gasteiger partial charge in [-0.25, -0.2) is 13.8 Å².